The minimum Gasteiger partial charge on any atom is -0.405 e. The van der Waals surface area contributed by atoms with Gasteiger partial charge in [-0.3, -0.25) is 4.79 Å². The van der Waals surface area contributed by atoms with Gasteiger partial charge in [-0.15, -0.1) is 13.2 Å². The number of ether oxygens (including phenoxy) is 2. The number of carbonyl (C=O) groups excluding carboxylic acids is 1. The number of carbonyl (C=O) groups is 1. The van der Waals surface area contributed by atoms with Gasteiger partial charge in [0, 0.05) is 6.04 Å². The number of alkyl halides is 3. The highest BCUT2D eigenvalue weighted by atomic mass is 19.4. The number of benzene rings is 1. The molecule has 0 spiro atoms. The summed E-state index contributed by atoms with van der Waals surface area (Å²) in [6.45, 7) is 3.10. The molecule has 21 heavy (non-hydrogen) atoms. The highest BCUT2D eigenvalue weighted by molar-refractivity contribution is 6.01. The maximum absolute atomic E-state index is 12.5. The van der Waals surface area contributed by atoms with Crippen LogP contribution in [-0.2, 0) is 4.74 Å². The number of hydrogen-bond donors (Lipinski definition) is 1. The molecule has 116 valence electrons. The molecule has 2 atom stereocenters. The quantitative estimate of drug-likeness (QED) is 0.849. The fourth-order valence-electron chi connectivity index (χ4n) is 2.36. The fourth-order valence-corrected chi connectivity index (χ4v) is 2.36. The van der Waals surface area contributed by atoms with Gasteiger partial charge in [0.05, 0.1) is 24.7 Å². The molecular formula is C14H16F3NO3. The van der Waals surface area contributed by atoms with Crippen molar-refractivity contribution >= 4 is 5.78 Å². The number of Topliss-reactive ketones (excluding diaryl/α,β-unsaturated/α-hetero) is 1. The minimum atomic E-state index is -4.83. The highest BCUT2D eigenvalue weighted by Gasteiger charge is 2.37. The van der Waals surface area contributed by atoms with Crippen LogP contribution in [0.15, 0.2) is 24.3 Å². The van der Waals surface area contributed by atoms with E-state index in [1.54, 1.807) is 0 Å². The number of nitrogens with one attached hydrogen (secondary N) is 1. The second kappa shape index (κ2) is 6.44. The molecule has 0 radical (unpaired) electrons. The monoisotopic (exact) mass is 303 g/mol. The third-order valence-corrected chi connectivity index (χ3v) is 3.26. The Bertz CT molecular complexity index is 504. The van der Waals surface area contributed by atoms with Gasteiger partial charge >= 0.3 is 6.36 Å². The molecule has 0 saturated carbocycles. The van der Waals surface area contributed by atoms with Crippen molar-refractivity contribution in [2.45, 2.75) is 19.3 Å². The molecular weight excluding hydrogens is 287 g/mol. The van der Waals surface area contributed by atoms with E-state index in [1.165, 1.54) is 18.2 Å². The van der Waals surface area contributed by atoms with Crippen molar-refractivity contribution in [1.82, 2.24) is 5.32 Å². The molecule has 1 aliphatic heterocycles. The molecule has 2 unspecified atom stereocenters. The van der Waals surface area contributed by atoms with Gasteiger partial charge in [-0.05, 0) is 18.7 Å². The van der Waals surface area contributed by atoms with Crippen LogP contribution in [-0.4, -0.2) is 37.9 Å². The zero-order valence-corrected chi connectivity index (χ0v) is 11.4. The Kier molecular flexibility index (Phi) is 4.84. The first kappa shape index (κ1) is 15.8. The largest absolute Gasteiger partial charge is 0.573 e. The summed E-state index contributed by atoms with van der Waals surface area (Å²) < 4.78 is 46.4. The third kappa shape index (κ3) is 3.95. The van der Waals surface area contributed by atoms with Crippen molar-refractivity contribution in [2.24, 2.45) is 5.92 Å². The van der Waals surface area contributed by atoms with Crippen LogP contribution in [0.3, 0.4) is 0 Å². The van der Waals surface area contributed by atoms with Gasteiger partial charge in [-0.25, -0.2) is 0 Å². The summed E-state index contributed by atoms with van der Waals surface area (Å²) in [5.74, 6) is -1.39. The number of rotatable bonds is 5. The number of ketones is 1. The van der Waals surface area contributed by atoms with Gasteiger partial charge < -0.3 is 14.8 Å². The lowest BCUT2D eigenvalue weighted by Crippen LogP contribution is -2.39. The Labute approximate surface area is 120 Å². The van der Waals surface area contributed by atoms with Gasteiger partial charge in [0.15, 0.2) is 5.78 Å². The number of halogens is 3. The van der Waals surface area contributed by atoms with Crippen LogP contribution < -0.4 is 10.1 Å². The molecule has 1 saturated heterocycles. The molecule has 1 aromatic carbocycles. The predicted molar refractivity (Wildman–Crippen MR) is 69.2 cm³/mol. The summed E-state index contributed by atoms with van der Waals surface area (Å²) in [6.07, 6.45) is -4.83. The SMILES string of the molecule is CCNC1COCC1C(=O)c1ccccc1OC(F)(F)F. The molecule has 1 heterocycles. The van der Waals surface area contributed by atoms with Crippen LogP contribution in [0.5, 0.6) is 5.75 Å². The fraction of sp³-hybridized carbons (Fsp3) is 0.500. The Hall–Kier alpha value is -1.60. The summed E-state index contributed by atoms with van der Waals surface area (Å²) in [5, 5.41) is 3.10. The van der Waals surface area contributed by atoms with Crippen LogP contribution in [0.25, 0.3) is 0 Å². The van der Waals surface area contributed by atoms with E-state index in [9.17, 15) is 18.0 Å². The summed E-state index contributed by atoms with van der Waals surface area (Å²) in [6, 6.07) is 5.18. The predicted octanol–water partition coefficient (Wildman–Crippen LogP) is 2.39. The van der Waals surface area contributed by atoms with Crippen LogP contribution in [0.2, 0.25) is 0 Å². The number of likely N-dealkylation sites (N-methyl/N-ethyl adjacent to an activating group) is 1. The molecule has 4 nitrogen and oxygen atoms in total. The summed E-state index contributed by atoms with van der Waals surface area (Å²) >= 11 is 0. The summed E-state index contributed by atoms with van der Waals surface area (Å²) in [7, 11) is 0. The Balaban J connectivity index is 2.23. The average Bonchev–Trinajstić information content (AvgIpc) is 2.85. The Morgan fingerprint density at radius 3 is 2.76 bits per heavy atom. The van der Waals surface area contributed by atoms with E-state index in [0.717, 1.165) is 6.07 Å². The standard InChI is InChI=1S/C14H16F3NO3/c1-2-18-11-8-20-7-10(11)13(19)9-5-3-4-6-12(9)21-14(15,16)17/h3-6,10-11,18H,2,7-8H2,1H3. The van der Waals surface area contributed by atoms with Crippen molar-refractivity contribution in [2.75, 3.05) is 19.8 Å². The first-order chi connectivity index (χ1) is 9.92. The van der Waals surface area contributed by atoms with Gasteiger partial charge in [0.2, 0.25) is 0 Å². The lowest BCUT2D eigenvalue weighted by Gasteiger charge is -2.19. The van der Waals surface area contributed by atoms with Gasteiger partial charge in [-0.2, -0.15) is 0 Å². The molecule has 0 aliphatic carbocycles. The number of para-hydroxylation sites is 1. The van der Waals surface area contributed by atoms with E-state index in [-0.39, 0.29) is 18.2 Å². The van der Waals surface area contributed by atoms with Gasteiger partial charge in [0.1, 0.15) is 5.75 Å². The Morgan fingerprint density at radius 1 is 1.38 bits per heavy atom. The molecule has 7 heteroatoms. The maximum Gasteiger partial charge on any atom is 0.573 e. The van der Waals surface area contributed by atoms with E-state index in [1.807, 2.05) is 6.92 Å². The van der Waals surface area contributed by atoms with Crippen LogP contribution >= 0.6 is 0 Å². The average molecular weight is 303 g/mol. The second-order valence-corrected chi connectivity index (χ2v) is 4.72. The molecule has 2 rings (SSSR count). The van der Waals surface area contributed by atoms with E-state index in [4.69, 9.17) is 4.74 Å². The lowest BCUT2D eigenvalue weighted by molar-refractivity contribution is -0.274. The number of hydrogen-bond acceptors (Lipinski definition) is 4. The van der Waals surface area contributed by atoms with Crippen molar-refractivity contribution in [3.05, 3.63) is 29.8 Å². The van der Waals surface area contributed by atoms with Gasteiger partial charge in [0.25, 0.3) is 0 Å². The first-order valence-corrected chi connectivity index (χ1v) is 6.62. The van der Waals surface area contributed by atoms with Crippen molar-refractivity contribution in [1.29, 1.82) is 0 Å². The molecule has 1 fully saturated rings. The molecule has 0 amide bonds. The van der Waals surface area contributed by atoms with Crippen molar-refractivity contribution in [3.8, 4) is 5.75 Å². The lowest BCUT2D eigenvalue weighted by atomic mass is 9.93. The molecule has 1 aliphatic rings. The zero-order valence-electron chi connectivity index (χ0n) is 11.4. The minimum absolute atomic E-state index is 0.0757. The molecule has 1 aromatic rings. The van der Waals surface area contributed by atoms with Crippen LogP contribution in [0.4, 0.5) is 13.2 Å². The zero-order chi connectivity index (χ0) is 15.5. The topological polar surface area (TPSA) is 47.6 Å². The normalized spacial score (nSPS) is 22.3. The van der Waals surface area contributed by atoms with E-state index in [2.05, 4.69) is 10.1 Å². The first-order valence-electron chi connectivity index (χ1n) is 6.62. The van der Waals surface area contributed by atoms with E-state index < -0.39 is 23.8 Å². The third-order valence-electron chi connectivity index (χ3n) is 3.26. The second-order valence-electron chi connectivity index (χ2n) is 4.72. The maximum atomic E-state index is 12.5. The summed E-state index contributed by atoms with van der Waals surface area (Å²) in [4.78, 5) is 12.5. The van der Waals surface area contributed by atoms with Crippen molar-refractivity contribution < 1.29 is 27.4 Å². The molecule has 0 bridgehead atoms. The van der Waals surface area contributed by atoms with E-state index >= 15 is 0 Å². The Morgan fingerprint density at radius 2 is 2.10 bits per heavy atom. The van der Waals surface area contributed by atoms with Gasteiger partial charge in [-0.1, -0.05) is 19.1 Å². The summed E-state index contributed by atoms with van der Waals surface area (Å²) in [5.41, 5.74) is -0.0757. The van der Waals surface area contributed by atoms with Crippen LogP contribution in [0.1, 0.15) is 17.3 Å². The van der Waals surface area contributed by atoms with Crippen LogP contribution in [0, 0.1) is 5.92 Å². The smallest absolute Gasteiger partial charge is 0.405 e. The molecule has 1 N–H and O–H groups in total. The van der Waals surface area contributed by atoms with E-state index in [0.29, 0.717) is 13.2 Å². The van der Waals surface area contributed by atoms with Crippen molar-refractivity contribution in [3.63, 3.8) is 0 Å². The highest BCUT2D eigenvalue weighted by Crippen LogP contribution is 2.29. The molecule has 0 aromatic heterocycles.